The molecule has 0 unspecified atom stereocenters. The molecule has 0 N–H and O–H groups in total. The molecule has 7 rings (SSSR count). The van der Waals surface area contributed by atoms with Crippen molar-refractivity contribution in [2.45, 2.75) is 56.1 Å². The molecule has 3 aromatic heterocycles. The maximum absolute atomic E-state index is 14.2. The lowest BCUT2D eigenvalue weighted by atomic mass is 9.93. The normalized spacial score (nSPS) is 17.6. The predicted octanol–water partition coefficient (Wildman–Crippen LogP) is 6.49. The van der Waals surface area contributed by atoms with Gasteiger partial charge in [-0.25, -0.2) is 14.4 Å². The summed E-state index contributed by atoms with van der Waals surface area (Å²) >= 11 is 7.46. The van der Waals surface area contributed by atoms with Crippen LogP contribution < -0.4 is 4.74 Å². The number of hydrogen-bond acceptors (Lipinski definition) is 8. The number of piperidine rings is 1. The first-order valence-corrected chi connectivity index (χ1v) is 16.9. The van der Waals surface area contributed by atoms with Gasteiger partial charge in [0.1, 0.15) is 18.2 Å². The maximum Gasteiger partial charge on any atom is 0.213 e. The smallest absolute Gasteiger partial charge is 0.213 e. The second kappa shape index (κ2) is 13.1. The second-order valence-electron chi connectivity index (χ2n) is 11.7. The van der Waals surface area contributed by atoms with E-state index in [2.05, 4.69) is 43.9 Å². The molecule has 2 aromatic carbocycles. The van der Waals surface area contributed by atoms with E-state index >= 15 is 0 Å². The maximum atomic E-state index is 14.2. The Balaban J connectivity index is 1.03. The van der Waals surface area contributed by atoms with Gasteiger partial charge in [-0.05, 0) is 75.0 Å². The fourth-order valence-electron chi connectivity index (χ4n) is 6.14. The van der Waals surface area contributed by atoms with Crippen molar-refractivity contribution in [3.63, 3.8) is 0 Å². The Kier molecular flexibility index (Phi) is 8.76. The van der Waals surface area contributed by atoms with E-state index in [4.69, 9.17) is 31.0 Å². The molecule has 0 bridgehead atoms. The minimum Gasteiger partial charge on any atom is -0.473 e. The SMILES string of the molecule is CSc1nnc(-c2ccc3c(c2)nc(CN2CCC(c4cccc(OCc5ccc(Cl)cc5F)n4)CC2)n3C[C@@H]2CCO2)n1C. The molecule has 5 heterocycles. The van der Waals surface area contributed by atoms with E-state index in [1.807, 2.05) is 30.0 Å². The van der Waals surface area contributed by atoms with Crippen LogP contribution in [-0.2, 0) is 31.5 Å². The van der Waals surface area contributed by atoms with Gasteiger partial charge in [-0.1, -0.05) is 35.5 Å². The summed E-state index contributed by atoms with van der Waals surface area (Å²) in [6.07, 6.45) is 5.28. The topological polar surface area (TPSA) is 83.1 Å². The number of pyridine rings is 1. The molecule has 0 saturated carbocycles. The van der Waals surface area contributed by atoms with Gasteiger partial charge in [0, 0.05) is 47.5 Å². The van der Waals surface area contributed by atoms with Crippen LogP contribution in [0.15, 0.2) is 59.8 Å². The molecule has 2 fully saturated rings. The number of nitrogens with zero attached hydrogens (tertiary/aromatic N) is 7. The van der Waals surface area contributed by atoms with Crippen LogP contribution in [0.2, 0.25) is 5.02 Å². The molecule has 0 amide bonds. The number of ether oxygens (including phenoxy) is 2. The van der Waals surface area contributed by atoms with Crippen molar-refractivity contribution in [1.29, 1.82) is 0 Å². The zero-order valence-electron chi connectivity index (χ0n) is 25.3. The molecule has 5 aromatic rings. The minimum absolute atomic E-state index is 0.101. The van der Waals surface area contributed by atoms with Crippen molar-refractivity contribution in [3.05, 3.63) is 82.5 Å². The van der Waals surface area contributed by atoms with E-state index in [9.17, 15) is 4.39 Å². The Hall–Kier alpha value is -3.51. The lowest BCUT2D eigenvalue weighted by molar-refractivity contribution is -0.0592. The molecule has 0 aliphatic carbocycles. The first kappa shape index (κ1) is 30.2. The Morgan fingerprint density at radius 1 is 1.04 bits per heavy atom. The van der Waals surface area contributed by atoms with Crippen LogP contribution in [0.4, 0.5) is 4.39 Å². The van der Waals surface area contributed by atoms with Gasteiger partial charge in [0.2, 0.25) is 5.88 Å². The summed E-state index contributed by atoms with van der Waals surface area (Å²) in [5.41, 5.74) is 4.55. The number of aromatic nitrogens is 6. The summed E-state index contributed by atoms with van der Waals surface area (Å²) in [4.78, 5) is 12.4. The molecular weight excluding hydrogens is 613 g/mol. The third-order valence-corrected chi connectivity index (χ3v) is 9.74. The molecule has 0 radical (unpaired) electrons. The number of imidazole rings is 1. The Bertz CT molecular complexity index is 1820. The highest BCUT2D eigenvalue weighted by atomic mass is 35.5. The van der Waals surface area contributed by atoms with Crippen molar-refractivity contribution < 1.29 is 13.9 Å². The fourth-order valence-corrected chi connectivity index (χ4v) is 6.78. The average molecular weight is 648 g/mol. The highest BCUT2D eigenvalue weighted by Gasteiger charge is 2.26. The van der Waals surface area contributed by atoms with Crippen molar-refractivity contribution in [2.24, 2.45) is 7.05 Å². The fraction of sp³-hybridized carbons (Fsp3) is 0.394. The summed E-state index contributed by atoms with van der Waals surface area (Å²) in [6, 6.07) is 16.8. The van der Waals surface area contributed by atoms with E-state index in [1.54, 1.807) is 23.9 Å². The van der Waals surface area contributed by atoms with Crippen LogP contribution in [-0.4, -0.2) is 66.3 Å². The van der Waals surface area contributed by atoms with Crippen LogP contribution >= 0.6 is 23.4 Å². The zero-order valence-corrected chi connectivity index (χ0v) is 26.9. The lowest BCUT2D eigenvalue weighted by Gasteiger charge is -2.32. The van der Waals surface area contributed by atoms with Crippen LogP contribution in [0.25, 0.3) is 22.4 Å². The van der Waals surface area contributed by atoms with E-state index in [1.165, 1.54) is 6.07 Å². The number of benzene rings is 2. The molecule has 2 aliphatic heterocycles. The monoisotopic (exact) mass is 647 g/mol. The summed E-state index contributed by atoms with van der Waals surface area (Å²) in [7, 11) is 1.99. The number of thioether (sulfide) groups is 1. The molecule has 9 nitrogen and oxygen atoms in total. The first-order valence-electron chi connectivity index (χ1n) is 15.3. The predicted molar refractivity (Wildman–Crippen MR) is 173 cm³/mol. The molecule has 12 heteroatoms. The second-order valence-corrected chi connectivity index (χ2v) is 12.9. The third-order valence-electron chi connectivity index (χ3n) is 8.79. The largest absolute Gasteiger partial charge is 0.473 e. The van der Waals surface area contributed by atoms with Gasteiger partial charge in [0.25, 0.3) is 0 Å². The summed E-state index contributed by atoms with van der Waals surface area (Å²) < 4.78 is 30.2. The Labute approximate surface area is 270 Å². The average Bonchev–Trinajstić information content (AvgIpc) is 3.57. The van der Waals surface area contributed by atoms with Crippen LogP contribution in [0.3, 0.4) is 0 Å². The van der Waals surface area contributed by atoms with Gasteiger partial charge in [0.15, 0.2) is 11.0 Å². The van der Waals surface area contributed by atoms with Crippen molar-refractivity contribution in [1.82, 2.24) is 34.2 Å². The summed E-state index contributed by atoms with van der Waals surface area (Å²) in [6.45, 7) is 4.39. The van der Waals surface area contributed by atoms with Gasteiger partial charge in [0.05, 0.1) is 30.2 Å². The molecule has 1 atom stereocenters. The molecule has 234 valence electrons. The van der Waals surface area contributed by atoms with Crippen LogP contribution in [0.5, 0.6) is 5.88 Å². The molecule has 2 saturated heterocycles. The molecule has 0 spiro atoms. The minimum atomic E-state index is -0.379. The van der Waals surface area contributed by atoms with Crippen molar-refractivity contribution >= 4 is 34.4 Å². The van der Waals surface area contributed by atoms with Crippen molar-refractivity contribution in [2.75, 3.05) is 26.0 Å². The lowest BCUT2D eigenvalue weighted by Crippen LogP contribution is -2.35. The van der Waals surface area contributed by atoms with Gasteiger partial charge >= 0.3 is 0 Å². The number of rotatable bonds is 10. The summed E-state index contributed by atoms with van der Waals surface area (Å²) in [5, 5.41) is 9.97. The van der Waals surface area contributed by atoms with E-state index in [-0.39, 0.29) is 18.5 Å². The first-order chi connectivity index (χ1) is 21.9. The van der Waals surface area contributed by atoms with E-state index in [0.29, 0.717) is 22.4 Å². The van der Waals surface area contributed by atoms with E-state index in [0.717, 1.165) is 91.1 Å². The number of hydrogen-bond donors (Lipinski definition) is 0. The zero-order chi connectivity index (χ0) is 30.9. The Morgan fingerprint density at radius 3 is 2.62 bits per heavy atom. The van der Waals surface area contributed by atoms with Gasteiger partial charge in [-0.3, -0.25) is 4.90 Å². The standard InChI is InChI=1S/C33H35ClFN7O2S/c1-40-32(38-39-33(40)45-2)22-7-9-29-28(16-22)36-30(42(29)18-25-12-15-43-25)19-41-13-10-21(11-14-41)27-4-3-5-31(37-27)44-20-23-6-8-24(34)17-26(23)35/h3-9,16-17,21,25H,10-15,18-20H2,1-2H3/t25-/m0/s1. The highest BCUT2D eigenvalue weighted by Crippen LogP contribution is 2.31. The highest BCUT2D eigenvalue weighted by molar-refractivity contribution is 7.98. The molecular formula is C33H35ClFN7O2S. The number of halogens is 2. The summed E-state index contributed by atoms with van der Waals surface area (Å²) in [5.74, 6) is 2.35. The third kappa shape index (κ3) is 6.44. The Morgan fingerprint density at radius 2 is 1.89 bits per heavy atom. The van der Waals surface area contributed by atoms with Gasteiger partial charge in [-0.15, -0.1) is 10.2 Å². The number of likely N-dealkylation sites (tertiary alicyclic amines) is 1. The van der Waals surface area contributed by atoms with Gasteiger partial charge in [-0.2, -0.15) is 0 Å². The quantitative estimate of drug-likeness (QED) is 0.159. The van der Waals surface area contributed by atoms with Crippen LogP contribution in [0.1, 0.15) is 42.3 Å². The molecule has 45 heavy (non-hydrogen) atoms. The van der Waals surface area contributed by atoms with Gasteiger partial charge < -0.3 is 18.6 Å². The van der Waals surface area contributed by atoms with Crippen LogP contribution in [0, 0.1) is 5.82 Å². The van der Waals surface area contributed by atoms with E-state index < -0.39 is 0 Å². The molecule has 2 aliphatic rings. The van der Waals surface area contributed by atoms with Crippen molar-refractivity contribution in [3.8, 4) is 17.3 Å². The number of fused-ring (bicyclic) bond motifs is 1.